The summed E-state index contributed by atoms with van der Waals surface area (Å²) in [5, 5.41) is 21.5. The molecule has 212 valence electrons. The Morgan fingerprint density at radius 2 is 1.75 bits per heavy atom. The highest BCUT2D eigenvalue weighted by Gasteiger charge is 2.38. The number of aliphatic hydroxyl groups is 2. The largest absolute Gasteiger partial charge is 0.445 e. The zero-order valence-electron chi connectivity index (χ0n) is 22.7. The highest BCUT2D eigenvalue weighted by Crippen LogP contribution is 2.42. The topological polar surface area (TPSA) is 97.3 Å². The Morgan fingerprint density at radius 1 is 1.02 bits per heavy atom. The molecule has 0 unspecified atom stereocenters. The third-order valence-corrected chi connectivity index (χ3v) is 7.94. The Labute approximate surface area is 240 Å². The lowest BCUT2D eigenvalue weighted by Crippen LogP contribution is -2.38. The molecule has 1 heterocycles. The smallest absolute Gasteiger partial charge is 0.407 e. The highest BCUT2D eigenvalue weighted by molar-refractivity contribution is 7.99. The Bertz CT molecular complexity index is 1230. The maximum absolute atomic E-state index is 11.9. The van der Waals surface area contributed by atoms with Crippen molar-refractivity contribution < 1.29 is 29.2 Å². The number of rotatable bonds is 12. The van der Waals surface area contributed by atoms with Crippen molar-refractivity contribution in [2.75, 3.05) is 24.7 Å². The number of aliphatic hydroxyl groups excluding tert-OH is 2. The molecule has 40 heavy (non-hydrogen) atoms. The van der Waals surface area contributed by atoms with Crippen LogP contribution in [0.3, 0.4) is 0 Å². The van der Waals surface area contributed by atoms with Crippen molar-refractivity contribution in [3.8, 4) is 11.1 Å². The van der Waals surface area contributed by atoms with Gasteiger partial charge in [-0.05, 0) is 27.8 Å². The molecular weight excluding hydrogens is 526 g/mol. The molecule has 1 fully saturated rings. The molecule has 0 aliphatic carbocycles. The first-order chi connectivity index (χ1) is 19.5. The fourth-order valence-corrected chi connectivity index (χ4v) is 5.61. The van der Waals surface area contributed by atoms with Crippen LogP contribution in [0.15, 0.2) is 85.5 Å². The van der Waals surface area contributed by atoms with Gasteiger partial charge < -0.3 is 29.7 Å². The first kappa shape index (κ1) is 29.8. The number of carbonyl (C=O) groups excluding carboxylic acids is 1. The number of alkyl carbamates (subject to hydrolysis) is 1. The van der Waals surface area contributed by atoms with E-state index in [2.05, 4.69) is 18.8 Å². The summed E-state index contributed by atoms with van der Waals surface area (Å²) < 4.78 is 18.0. The molecule has 0 aromatic heterocycles. The van der Waals surface area contributed by atoms with Gasteiger partial charge in [0.2, 0.25) is 0 Å². The van der Waals surface area contributed by atoms with Crippen molar-refractivity contribution in [3.63, 3.8) is 0 Å². The maximum atomic E-state index is 11.9. The van der Waals surface area contributed by atoms with Gasteiger partial charge >= 0.3 is 6.09 Å². The van der Waals surface area contributed by atoms with Gasteiger partial charge in [0.05, 0.1) is 25.4 Å². The third-order valence-electron chi connectivity index (χ3n) is 6.91. The normalized spacial score (nSPS) is 20.6. The van der Waals surface area contributed by atoms with Crippen molar-refractivity contribution in [2.24, 2.45) is 5.92 Å². The van der Waals surface area contributed by atoms with Crippen molar-refractivity contribution in [1.82, 2.24) is 5.32 Å². The van der Waals surface area contributed by atoms with Crippen molar-refractivity contribution in [3.05, 3.63) is 108 Å². The van der Waals surface area contributed by atoms with Crippen LogP contribution in [-0.2, 0) is 27.4 Å². The standard InChI is InChI=1S/C32H37NO6S/c1-3-17-37-32(36)33-19-27-6-4-5-7-28(27)24-12-14-26(15-13-24)31-38-29(21-40-18-16-34)22(2)30(39-31)25-10-8-23(20-35)9-11-25/h3-15,22,29-31,34-35H,1,16-21H2,2H3,(H,33,36)/t22-,29+,30+,31+/m0/s1. The molecule has 3 aromatic carbocycles. The second-order valence-electron chi connectivity index (χ2n) is 9.64. The van der Waals surface area contributed by atoms with Gasteiger partial charge in [-0.3, -0.25) is 0 Å². The molecule has 0 bridgehead atoms. The molecule has 3 N–H and O–H groups in total. The van der Waals surface area contributed by atoms with Gasteiger partial charge in [-0.2, -0.15) is 11.8 Å². The first-order valence-electron chi connectivity index (χ1n) is 13.4. The predicted octanol–water partition coefficient (Wildman–Crippen LogP) is 5.78. The lowest BCUT2D eigenvalue weighted by molar-refractivity contribution is -0.268. The van der Waals surface area contributed by atoms with Crippen molar-refractivity contribution >= 4 is 17.9 Å². The quantitative estimate of drug-likeness (QED) is 0.190. The molecule has 7 nitrogen and oxygen atoms in total. The van der Waals surface area contributed by atoms with Crippen LogP contribution < -0.4 is 5.32 Å². The van der Waals surface area contributed by atoms with Crippen LogP contribution in [0.2, 0.25) is 0 Å². The van der Waals surface area contributed by atoms with E-state index < -0.39 is 12.4 Å². The number of hydrogen-bond donors (Lipinski definition) is 3. The molecule has 4 rings (SSSR count). The van der Waals surface area contributed by atoms with Gasteiger partial charge in [-0.1, -0.05) is 92.4 Å². The summed E-state index contributed by atoms with van der Waals surface area (Å²) in [6, 6.07) is 23.9. The number of ether oxygens (including phenoxy) is 3. The van der Waals surface area contributed by atoms with Gasteiger partial charge in [-0.25, -0.2) is 4.79 Å². The Balaban J connectivity index is 1.53. The van der Waals surface area contributed by atoms with Crippen LogP contribution in [0.4, 0.5) is 4.79 Å². The summed E-state index contributed by atoms with van der Waals surface area (Å²) in [7, 11) is 0. The number of nitrogens with one attached hydrogen (secondary N) is 1. The number of carbonyl (C=O) groups is 1. The van der Waals surface area contributed by atoms with Crippen molar-refractivity contribution in [2.45, 2.75) is 38.6 Å². The van der Waals surface area contributed by atoms with Gasteiger partial charge in [0.1, 0.15) is 6.61 Å². The van der Waals surface area contributed by atoms with Gasteiger partial charge in [0.25, 0.3) is 0 Å². The molecule has 3 aromatic rings. The minimum Gasteiger partial charge on any atom is -0.445 e. The molecule has 1 amide bonds. The van der Waals surface area contributed by atoms with Crippen LogP contribution in [0.5, 0.6) is 0 Å². The summed E-state index contributed by atoms with van der Waals surface area (Å²) in [5.74, 6) is 1.50. The number of amides is 1. The van der Waals surface area contributed by atoms with Crippen molar-refractivity contribution in [1.29, 1.82) is 0 Å². The van der Waals surface area contributed by atoms with E-state index in [9.17, 15) is 15.0 Å². The highest BCUT2D eigenvalue weighted by atomic mass is 32.2. The monoisotopic (exact) mass is 563 g/mol. The molecule has 8 heteroatoms. The number of hydrogen-bond acceptors (Lipinski definition) is 7. The lowest BCUT2D eigenvalue weighted by atomic mass is 9.91. The van der Waals surface area contributed by atoms with E-state index in [-0.39, 0.29) is 37.9 Å². The molecule has 1 aliphatic rings. The second kappa shape index (κ2) is 15.0. The molecule has 1 aliphatic heterocycles. The van der Waals surface area contributed by atoms with Gasteiger partial charge in [-0.15, -0.1) is 0 Å². The van der Waals surface area contributed by atoms with Crippen LogP contribution in [0, 0.1) is 5.92 Å². The fourth-order valence-electron chi connectivity index (χ4n) is 4.70. The number of thioether (sulfide) groups is 1. The Kier molecular flexibility index (Phi) is 11.2. The zero-order valence-corrected chi connectivity index (χ0v) is 23.5. The van der Waals surface area contributed by atoms with E-state index in [0.717, 1.165) is 39.1 Å². The van der Waals surface area contributed by atoms with Crippen LogP contribution in [0.1, 0.15) is 41.6 Å². The van der Waals surface area contributed by atoms with E-state index in [1.54, 1.807) is 11.8 Å². The molecule has 0 saturated carbocycles. The van der Waals surface area contributed by atoms with Crippen LogP contribution in [-0.4, -0.2) is 47.1 Å². The molecule has 4 atom stereocenters. The molecule has 0 spiro atoms. The zero-order chi connectivity index (χ0) is 28.3. The second-order valence-corrected chi connectivity index (χ2v) is 10.8. The van der Waals surface area contributed by atoms with E-state index in [1.807, 2.05) is 72.8 Å². The predicted molar refractivity (Wildman–Crippen MR) is 158 cm³/mol. The van der Waals surface area contributed by atoms with Crippen LogP contribution >= 0.6 is 11.8 Å². The lowest BCUT2D eigenvalue weighted by Gasteiger charge is -2.41. The minimum atomic E-state index is -0.552. The summed E-state index contributed by atoms with van der Waals surface area (Å²) in [4.78, 5) is 11.9. The van der Waals surface area contributed by atoms with Gasteiger partial charge in [0, 0.05) is 29.5 Å². The van der Waals surface area contributed by atoms with Crippen LogP contribution in [0.25, 0.3) is 11.1 Å². The summed E-state index contributed by atoms with van der Waals surface area (Å²) in [6.07, 6.45) is 0.242. The third kappa shape index (κ3) is 7.74. The maximum Gasteiger partial charge on any atom is 0.407 e. The minimum absolute atomic E-state index is 0.00153. The molecule has 0 radical (unpaired) electrons. The molecular formula is C32H37NO6S. The summed E-state index contributed by atoms with van der Waals surface area (Å²) in [5.41, 5.74) is 5.80. The fraction of sp³-hybridized carbons (Fsp3) is 0.344. The Hall–Kier alpha value is -3.14. The van der Waals surface area contributed by atoms with E-state index in [4.69, 9.17) is 14.2 Å². The summed E-state index contributed by atoms with van der Waals surface area (Å²) >= 11 is 1.67. The molecule has 1 saturated heterocycles. The average molecular weight is 564 g/mol. The average Bonchev–Trinajstić information content (AvgIpc) is 3.00. The van der Waals surface area contributed by atoms with Gasteiger partial charge in [0.15, 0.2) is 6.29 Å². The van der Waals surface area contributed by atoms with E-state index >= 15 is 0 Å². The number of benzene rings is 3. The van der Waals surface area contributed by atoms with E-state index in [1.165, 1.54) is 6.08 Å². The summed E-state index contributed by atoms with van der Waals surface area (Å²) in [6.45, 7) is 6.31. The SMILES string of the molecule is C=CCOC(=O)NCc1ccccc1-c1ccc([C@@H]2O[C@H](CSCCO)[C@H](C)[C@H](c3ccc(CO)cc3)O2)cc1. The first-order valence-corrected chi connectivity index (χ1v) is 14.6. The Morgan fingerprint density at radius 3 is 2.45 bits per heavy atom. The van der Waals surface area contributed by atoms with E-state index in [0.29, 0.717) is 12.3 Å².